The lowest BCUT2D eigenvalue weighted by Gasteiger charge is -2.35. The Morgan fingerprint density at radius 1 is 1.05 bits per heavy atom. The van der Waals surface area contributed by atoms with Crippen LogP contribution in [-0.2, 0) is 4.74 Å². The van der Waals surface area contributed by atoms with Gasteiger partial charge in [-0.05, 0) is 49.4 Å². The van der Waals surface area contributed by atoms with Gasteiger partial charge < -0.3 is 23.8 Å². The van der Waals surface area contributed by atoms with Crippen LogP contribution in [0, 0.1) is 5.92 Å². The number of anilines is 1. The van der Waals surface area contributed by atoms with Crippen LogP contribution in [0.3, 0.4) is 0 Å². The second kappa shape index (κ2) is 11.5. The van der Waals surface area contributed by atoms with Gasteiger partial charge in [-0.15, -0.1) is 0 Å². The molecular weight excluding hydrogens is 518 g/mol. The van der Waals surface area contributed by atoms with Crippen LogP contribution in [0.5, 0.6) is 5.75 Å². The van der Waals surface area contributed by atoms with E-state index in [0.29, 0.717) is 66.8 Å². The zero-order valence-corrected chi connectivity index (χ0v) is 23.3. The number of carbonyl (C=O) groups is 1. The van der Waals surface area contributed by atoms with Crippen molar-refractivity contribution in [3.63, 3.8) is 0 Å². The molecule has 10 heteroatoms. The van der Waals surface area contributed by atoms with Gasteiger partial charge in [0, 0.05) is 48.9 Å². The van der Waals surface area contributed by atoms with E-state index in [1.807, 2.05) is 58.0 Å². The Bertz CT molecular complexity index is 1460. The zero-order valence-electron chi connectivity index (χ0n) is 22.6. The third-order valence-electron chi connectivity index (χ3n) is 6.37. The molecule has 1 aliphatic heterocycles. The van der Waals surface area contributed by atoms with E-state index in [1.165, 1.54) is 0 Å². The molecular formula is C29H32ClN5O4. The highest BCUT2D eigenvalue weighted by atomic mass is 35.5. The standard InChI is InChI=1S/C29H32ClN5O4/c1-18(2)17-37-29(36)35-14-12-34(13-15-35)27-23-7-5-6-22(21(23)10-11-31-27)26-32-28(39-33-26)20-8-9-25(24(30)16-20)38-19(3)4/h5-11,16,18-19H,12-15,17H2,1-4H3. The number of hydrogen-bond donors (Lipinski definition) is 0. The van der Waals surface area contributed by atoms with Crippen LogP contribution in [0.4, 0.5) is 10.6 Å². The van der Waals surface area contributed by atoms with Gasteiger partial charge in [-0.25, -0.2) is 9.78 Å². The number of halogens is 1. The predicted octanol–water partition coefficient (Wildman–Crippen LogP) is 6.31. The SMILES string of the molecule is CC(C)COC(=O)N1CCN(c2nccc3c(-c4noc(-c5ccc(OC(C)C)c(Cl)c5)n4)cccc23)CC1. The Balaban J connectivity index is 1.36. The van der Waals surface area contributed by atoms with Gasteiger partial charge in [-0.3, -0.25) is 0 Å². The molecule has 0 unspecified atom stereocenters. The summed E-state index contributed by atoms with van der Waals surface area (Å²) in [5.74, 6) is 2.62. The Labute approximate surface area is 232 Å². The first kappa shape index (κ1) is 26.7. The second-order valence-corrected chi connectivity index (χ2v) is 10.6. The largest absolute Gasteiger partial charge is 0.489 e. The van der Waals surface area contributed by atoms with Crippen LogP contribution in [0.1, 0.15) is 27.7 Å². The number of nitrogens with zero attached hydrogens (tertiary/aromatic N) is 5. The summed E-state index contributed by atoms with van der Waals surface area (Å²) >= 11 is 6.42. The quantitative estimate of drug-likeness (QED) is 0.265. The second-order valence-electron chi connectivity index (χ2n) is 10.2. The summed E-state index contributed by atoms with van der Waals surface area (Å²) in [4.78, 5) is 25.7. The van der Waals surface area contributed by atoms with E-state index < -0.39 is 0 Å². The lowest BCUT2D eigenvalue weighted by molar-refractivity contribution is 0.0901. The number of pyridine rings is 1. The van der Waals surface area contributed by atoms with Gasteiger partial charge in [-0.1, -0.05) is 48.8 Å². The Hall–Kier alpha value is -3.85. The average molecular weight is 550 g/mol. The average Bonchev–Trinajstić information content (AvgIpc) is 3.42. The monoisotopic (exact) mass is 549 g/mol. The van der Waals surface area contributed by atoms with Crippen molar-refractivity contribution in [1.29, 1.82) is 0 Å². The molecule has 3 heterocycles. The van der Waals surface area contributed by atoms with Gasteiger partial charge in [0.25, 0.3) is 5.89 Å². The molecule has 0 aliphatic carbocycles. The van der Waals surface area contributed by atoms with Crippen molar-refractivity contribution in [2.24, 2.45) is 5.92 Å². The van der Waals surface area contributed by atoms with E-state index in [9.17, 15) is 4.79 Å². The predicted molar refractivity (Wildman–Crippen MR) is 151 cm³/mol. The van der Waals surface area contributed by atoms with Gasteiger partial charge in [0.1, 0.15) is 11.6 Å². The lowest BCUT2D eigenvalue weighted by atomic mass is 10.0. The summed E-state index contributed by atoms with van der Waals surface area (Å²) in [5.41, 5.74) is 1.55. The molecule has 9 nitrogen and oxygen atoms in total. The van der Waals surface area contributed by atoms with Gasteiger partial charge in [-0.2, -0.15) is 4.98 Å². The molecule has 1 aliphatic rings. The van der Waals surface area contributed by atoms with Gasteiger partial charge in [0.15, 0.2) is 0 Å². The highest BCUT2D eigenvalue weighted by Crippen LogP contribution is 2.34. The molecule has 0 bridgehead atoms. The molecule has 0 saturated carbocycles. The van der Waals surface area contributed by atoms with Gasteiger partial charge in [0.2, 0.25) is 5.82 Å². The normalized spacial score (nSPS) is 13.9. The van der Waals surface area contributed by atoms with Crippen molar-refractivity contribution in [2.75, 3.05) is 37.7 Å². The first-order valence-corrected chi connectivity index (χ1v) is 13.5. The fraction of sp³-hybridized carbons (Fsp3) is 0.379. The van der Waals surface area contributed by atoms with Crippen molar-refractivity contribution in [2.45, 2.75) is 33.8 Å². The molecule has 0 radical (unpaired) electrons. The van der Waals surface area contributed by atoms with Crippen LogP contribution in [0.25, 0.3) is 33.6 Å². The van der Waals surface area contributed by atoms with Crippen LogP contribution in [0.15, 0.2) is 53.2 Å². The molecule has 4 aromatic rings. The van der Waals surface area contributed by atoms with E-state index in [4.69, 9.17) is 25.6 Å². The molecule has 2 aromatic carbocycles. The van der Waals surface area contributed by atoms with E-state index in [1.54, 1.807) is 23.2 Å². The van der Waals surface area contributed by atoms with Crippen LogP contribution >= 0.6 is 11.6 Å². The van der Waals surface area contributed by atoms with Crippen molar-refractivity contribution < 1.29 is 18.8 Å². The molecule has 1 fully saturated rings. The minimum Gasteiger partial charge on any atom is -0.489 e. The van der Waals surface area contributed by atoms with E-state index in [0.717, 1.165) is 22.2 Å². The van der Waals surface area contributed by atoms with E-state index >= 15 is 0 Å². The Morgan fingerprint density at radius 3 is 2.56 bits per heavy atom. The summed E-state index contributed by atoms with van der Waals surface area (Å²) in [5, 5.41) is 6.69. The Kier molecular flexibility index (Phi) is 7.88. The molecule has 1 amide bonds. The minimum absolute atomic E-state index is 0.0178. The van der Waals surface area contributed by atoms with E-state index in [-0.39, 0.29) is 12.2 Å². The number of fused-ring (bicyclic) bond motifs is 1. The molecule has 0 N–H and O–H groups in total. The number of piperazine rings is 1. The fourth-order valence-corrected chi connectivity index (χ4v) is 4.73. The van der Waals surface area contributed by atoms with Crippen LogP contribution in [-0.4, -0.2) is 65.0 Å². The highest BCUT2D eigenvalue weighted by molar-refractivity contribution is 6.32. The van der Waals surface area contributed by atoms with Crippen molar-refractivity contribution in [1.82, 2.24) is 20.0 Å². The molecule has 0 spiro atoms. The third-order valence-corrected chi connectivity index (χ3v) is 6.67. The molecule has 0 atom stereocenters. The summed E-state index contributed by atoms with van der Waals surface area (Å²) < 4.78 is 16.7. The number of carbonyl (C=O) groups excluding carboxylic acids is 1. The molecule has 2 aromatic heterocycles. The van der Waals surface area contributed by atoms with Crippen molar-refractivity contribution in [3.8, 4) is 28.6 Å². The summed E-state index contributed by atoms with van der Waals surface area (Å²) in [7, 11) is 0. The summed E-state index contributed by atoms with van der Waals surface area (Å²) in [6, 6.07) is 13.4. The smallest absolute Gasteiger partial charge is 0.409 e. The van der Waals surface area contributed by atoms with Crippen LogP contribution in [0.2, 0.25) is 5.02 Å². The number of ether oxygens (including phenoxy) is 2. The molecule has 5 rings (SSSR count). The van der Waals surface area contributed by atoms with Crippen molar-refractivity contribution >= 4 is 34.3 Å². The zero-order chi connectivity index (χ0) is 27.5. The summed E-state index contributed by atoms with van der Waals surface area (Å²) in [6.45, 7) is 10.9. The maximum absolute atomic E-state index is 12.4. The highest BCUT2D eigenvalue weighted by Gasteiger charge is 2.25. The Morgan fingerprint density at radius 2 is 1.85 bits per heavy atom. The van der Waals surface area contributed by atoms with Crippen LogP contribution < -0.4 is 9.64 Å². The van der Waals surface area contributed by atoms with E-state index in [2.05, 4.69) is 20.0 Å². The maximum atomic E-state index is 12.4. The maximum Gasteiger partial charge on any atom is 0.409 e. The fourth-order valence-electron chi connectivity index (χ4n) is 4.50. The third kappa shape index (κ3) is 5.93. The topological polar surface area (TPSA) is 93.8 Å². The van der Waals surface area contributed by atoms with Gasteiger partial charge >= 0.3 is 6.09 Å². The molecule has 204 valence electrons. The summed E-state index contributed by atoms with van der Waals surface area (Å²) in [6.07, 6.45) is 1.55. The first-order chi connectivity index (χ1) is 18.8. The number of rotatable bonds is 7. The lowest BCUT2D eigenvalue weighted by Crippen LogP contribution is -2.49. The number of aromatic nitrogens is 3. The number of benzene rings is 2. The minimum atomic E-state index is -0.257. The number of hydrogen-bond acceptors (Lipinski definition) is 8. The molecule has 39 heavy (non-hydrogen) atoms. The first-order valence-electron chi connectivity index (χ1n) is 13.1. The van der Waals surface area contributed by atoms with Crippen molar-refractivity contribution in [3.05, 3.63) is 53.7 Å². The van der Waals surface area contributed by atoms with Gasteiger partial charge in [0.05, 0.1) is 17.7 Å². The number of amides is 1. The molecule has 1 saturated heterocycles.